The molecule has 1 aliphatic carbocycles. The maximum absolute atomic E-state index is 13.9. The number of hydrogen-bond acceptors (Lipinski definition) is 18. The van der Waals surface area contributed by atoms with E-state index in [9.17, 15) is 32.4 Å². The maximum Gasteiger partial charge on any atom is 0.328 e. The molecule has 0 bridgehead atoms. The van der Waals surface area contributed by atoms with E-state index in [0.717, 1.165) is 44.2 Å². The van der Waals surface area contributed by atoms with Crippen LogP contribution >= 0.6 is 0 Å². The predicted molar refractivity (Wildman–Crippen MR) is 332 cm³/mol. The highest BCUT2D eigenvalue weighted by molar-refractivity contribution is 7.92. The molecule has 0 atom stereocenters. The number of aryl methyl sites for hydroxylation is 3. The van der Waals surface area contributed by atoms with E-state index in [1.165, 1.54) is 48.5 Å². The third-order valence-corrected chi connectivity index (χ3v) is 17.2. The van der Waals surface area contributed by atoms with Crippen molar-refractivity contribution in [1.82, 2.24) is 43.8 Å². The van der Waals surface area contributed by atoms with Gasteiger partial charge in [0.05, 0.1) is 73.0 Å². The van der Waals surface area contributed by atoms with Crippen molar-refractivity contribution in [3.8, 4) is 34.5 Å². The fourth-order valence-electron chi connectivity index (χ4n) is 11.1. The Labute approximate surface area is 505 Å². The van der Waals surface area contributed by atoms with E-state index in [-0.39, 0.29) is 69.1 Å². The van der Waals surface area contributed by atoms with Crippen LogP contribution in [0.3, 0.4) is 0 Å². The number of nitrogens with one attached hydrogen (secondary N) is 3. The van der Waals surface area contributed by atoms with Crippen molar-refractivity contribution >= 4 is 72.8 Å². The number of ketones is 1. The quantitative estimate of drug-likeness (QED) is 0.0311. The molecule has 87 heavy (non-hydrogen) atoms. The number of aromatic nitrogens is 6. The number of piperazine rings is 1. The Morgan fingerprint density at radius 3 is 2.16 bits per heavy atom. The van der Waals surface area contributed by atoms with E-state index < -0.39 is 10.0 Å². The Kier molecular flexibility index (Phi) is 20.4. The van der Waals surface area contributed by atoms with E-state index >= 15 is 0 Å². The second-order valence-corrected chi connectivity index (χ2v) is 23.7. The Hall–Kier alpha value is -8.71. The van der Waals surface area contributed by atoms with Crippen LogP contribution in [0, 0.1) is 6.92 Å². The average molecular weight is 1220 g/mol. The zero-order valence-electron chi connectivity index (χ0n) is 50.8. The van der Waals surface area contributed by atoms with Crippen LogP contribution in [-0.2, 0) is 33.7 Å². The van der Waals surface area contributed by atoms with Crippen molar-refractivity contribution in [3.05, 3.63) is 105 Å². The number of carbonyl (C=O) groups excluding carboxylic acids is 3. The summed E-state index contributed by atoms with van der Waals surface area (Å²) in [6.45, 7) is 9.80. The number of anilines is 4. The average Bonchev–Trinajstić information content (AvgIpc) is 1.82. The topological polar surface area (TPSA) is 265 Å². The highest BCUT2D eigenvalue weighted by Crippen LogP contribution is 2.39. The zero-order valence-corrected chi connectivity index (χ0v) is 51.6. The van der Waals surface area contributed by atoms with Crippen LogP contribution in [0.2, 0.25) is 0 Å². The number of Topliss-reactive ketones (excluding diaryl/α,β-unsaturated/α-hetero) is 1. The first kappa shape index (κ1) is 62.8. The van der Waals surface area contributed by atoms with Crippen LogP contribution in [0.5, 0.6) is 34.5 Å². The van der Waals surface area contributed by atoms with Gasteiger partial charge < -0.3 is 44.1 Å². The van der Waals surface area contributed by atoms with E-state index in [0.29, 0.717) is 141 Å². The molecule has 2 amide bonds. The number of carbonyl (C=O) groups is 3. The van der Waals surface area contributed by atoms with E-state index in [4.69, 9.17) is 28.7 Å². The molecule has 0 spiro atoms. The molecule has 9 rings (SSSR count). The van der Waals surface area contributed by atoms with Gasteiger partial charge in [0.1, 0.15) is 28.7 Å². The lowest BCUT2D eigenvalue weighted by atomic mass is 10.0. The first-order chi connectivity index (χ1) is 41.9. The van der Waals surface area contributed by atoms with Crippen LogP contribution < -0.4 is 55.2 Å². The Balaban J connectivity index is 0.690. The number of pyridine rings is 2. The van der Waals surface area contributed by atoms with Crippen molar-refractivity contribution in [2.45, 2.75) is 95.9 Å². The molecule has 464 valence electrons. The molecule has 1 saturated heterocycles. The molecule has 7 aromatic rings. The number of unbranched alkanes of at least 4 members (excludes halogenated alkanes) is 2. The van der Waals surface area contributed by atoms with Gasteiger partial charge in [0, 0.05) is 101 Å². The number of imidazole rings is 1. The lowest BCUT2D eigenvalue weighted by Crippen LogP contribution is -2.48. The monoisotopic (exact) mass is 1210 g/mol. The van der Waals surface area contributed by atoms with Crippen LogP contribution in [0.1, 0.15) is 100 Å². The van der Waals surface area contributed by atoms with Gasteiger partial charge in [-0.2, -0.15) is 4.98 Å². The number of ether oxygens (including phenoxy) is 5. The highest BCUT2D eigenvalue weighted by atomic mass is 32.2. The summed E-state index contributed by atoms with van der Waals surface area (Å²) in [4.78, 5) is 85.1. The number of sulfonamides is 1. The summed E-state index contributed by atoms with van der Waals surface area (Å²) in [5.74, 6) is 2.55. The molecule has 1 saturated carbocycles. The first-order valence-electron chi connectivity index (χ1n) is 29.5. The van der Waals surface area contributed by atoms with Crippen LogP contribution in [0.4, 0.5) is 23.1 Å². The molecular formula is C62H78N12O12S. The Bertz CT molecular complexity index is 3870. The maximum atomic E-state index is 13.9. The molecule has 1 aliphatic heterocycles. The fraction of sp³-hybridized carbons (Fsp3) is 0.452. The third-order valence-electron chi connectivity index (χ3n) is 15.8. The van der Waals surface area contributed by atoms with Crippen molar-refractivity contribution in [3.63, 3.8) is 0 Å². The van der Waals surface area contributed by atoms with E-state index in [2.05, 4.69) is 30.2 Å². The molecule has 3 N–H and O–H groups in total. The van der Waals surface area contributed by atoms with Gasteiger partial charge in [0.2, 0.25) is 17.8 Å². The van der Waals surface area contributed by atoms with Crippen molar-refractivity contribution in [2.24, 2.45) is 14.1 Å². The number of likely N-dealkylation sites (N-methyl/N-ethyl adjacent to an activating group) is 1. The molecule has 24 nitrogen and oxygen atoms in total. The van der Waals surface area contributed by atoms with E-state index in [1.54, 1.807) is 68.3 Å². The number of hydrogen-bond donors (Lipinski definition) is 3. The van der Waals surface area contributed by atoms with Gasteiger partial charge in [0.25, 0.3) is 15.6 Å². The minimum Gasteiger partial charge on any atom is -0.493 e. The SMILES string of the molecule is CCCOc1cc(OCCCCN(C)CC(=O)NCCCCC(=O)N2CCN(c3ccc(Nc4ncc5c(C)c(C(C)=O)c(=O)n(C6CCCC6)c5n4)nc3)CC2)cc(Oc2cc3c(cc2NS(=O)(=O)c2ccc(OC)c(OC)c2)n(C)c(=O)n3C)c1. The number of nitrogens with zero attached hydrogens (tertiary/aromatic N) is 9. The van der Waals surface area contributed by atoms with E-state index in [1.807, 2.05) is 35.9 Å². The lowest BCUT2D eigenvalue weighted by Gasteiger charge is -2.36. The summed E-state index contributed by atoms with van der Waals surface area (Å²) >= 11 is 0. The molecule has 25 heteroatoms. The minimum atomic E-state index is -4.22. The summed E-state index contributed by atoms with van der Waals surface area (Å²) in [6, 6.07) is 16.3. The summed E-state index contributed by atoms with van der Waals surface area (Å²) in [6.07, 6.45) is 11.1. The fourth-order valence-corrected chi connectivity index (χ4v) is 12.2. The third kappa shape index (κ3) is 14.9. The number of amides is 2. The largest absolute Gasteiger partial charge is 0.493 e. The van der Waals surface area contributed by atoms with Crippen LogP contribution in [0.25, 0.3) is 22.1 Å². The summed E-state index contributed by atoms with van der Waals surface area (Å²) in [5, 5.41) is 6.85. The molecule has 0 unspecified atom stereocenters. The van der Waals surface area contributed by atoms with Gasteiger partial charge in [-0.3, -0.25) is 42.5 Å². The van der Waals surface area contributed by atoms with Crippen LogP contribution in [0.15, 0.2) is 87.5 Å². The molecule has 2 fully saturated rings. The smallest absolute Gasteiger partial charge is 0.328 e. The Morgan fingerprint density at radius 2 is 1.48 bits per heavy atom. The number of benzene rings is 3. The standard InChI is InChI=1S/C62H78N12O12S/c1-9-29-84-44-31-45(33-46(32-44)86-53-36-51-50(70(5)62(79)71(51)6)35-49(53)68-87(80,81)47-20-21-52(82-7)54(34-47)83-8)85-30-15-14-24-69(4)39-56(76)63-23-13-12-18-57(77)73-27-25-72(26-28-73)43-19-22-55(64-37-43)66-61-65-38-48-40(2)58(41(3)75)60(78)74(59(48)67-61)42-16-10-11-17-42/h19-22,31-38,42,68H,9-18,23-30,39H2,1-8H3,(H,63,76)(H,64,65,66,67). The summed E-state index contributed by atoms with van der Waals surface area (Å²) in [5.41, 5.74) is 2.68. The van der Waals surface area contributed by atoms with Crippen molar-refractivity contribution < 1.29 is 46.5 Å². The summed E-state index contributed by atoms with van der Waals surface area (Å²) in [7, 11) is 3.76. The molecule has 4 aromatic heterocycles. The minimum absolute atomic E-state index is 0.0226. The number of rotatable bonds is 28. The summed E-state index contributed by atoms with van der Waals surface area (Å²) < 4.78 is 64.3. The molecule has 3 aromatic carbocycles. The van der Waals surface area contributed by atoms with Crippen molar-refractivity contribution in [2.75, 3.05) is 95.2 Å². The molecule has 2 aliphatic rings. The van der Waals surface area contributed by atoms with Gasteiger partial charge in [-0.25, -0.2) is 23.2 Å². The van der Waals surface area contributed by atoms with Gasteiger partial charge in [0.15, 0.2) is 23.0 Å². The van der Waals surface area contributed by atoms with Gasteiger partial charge in [-0.1, -0.05) is 19.8 Å². The second kappa shape index (κ2) is 28.2. The zero-order chi connectivity index (χ0) is 61.9. The lowest BCUT2D eigenvalue weighted by molar-refractivity contribution is -0.131. The van der Waals surface area contributed by atoms with Crippen LogP contribution in [-0.4, -0.2) is 145 Å². The predicted octanol–water partition coefficient (Wildman–Crippen LogP) is 7.87. The van der Waals surface area contributed by atoms with Gasteiger partial charge in [-0.15, -0.1) is 0 Å². The number of methoxy groups -OCH3 is 2. The van der Waals surface area contributed by atoms with Gasteiger partial charge in [-0.05, 0) is 108 Å². The van der Waals surface area contributed by atoms with Gasteiger partial charge >= 0.3 is 5.69 Å². The molecule has 5 heterocycles. The molecule has 0 radical (unpaired) electrons. The first-order valence-corrected chi connectivity index (χ1v) is 31.0. The highest BCUT2D eigenvalue weighted by Gasteiger charge is 2.28. The normalized spacial score (nSPS) is 13.8. The number of fused-ring (bicyclic) bond motifs is 2. The van der Waals surface area contributed by atoms with Crippen molar-refractivity contribution in [1.29, 1.82) is 0 Å². The Morgan fingerprint density at radius 1 is 0.782 bits per heavy atom. The molecular weight excluding hydrogens is 1140 g/mol. The second-order valence-electron chi connectivity index (χ2n) is 22.0.